The summed E-state index contributed by atoms with van der Waals surface area (Å²) >= 11 is 0. The van der Waals surface area contributed by atoms with Crippen molar-refractivity contribution in [3.63, 3.8) is 0 Å². The summed E-state index contributed by atoms with van der Waals surface area (Å²) in [6, 6.07) is 4.64. The third kappa shape index (κ3) is 4.86. The summed E-state index contributed by atoms with van der Waals surface area (Å²) in [6.07, 6.45) is 6.07. The Hall–Kier alpha value is -2.64. The van der Waals surface area contributed by atoms with Crippen LogP contribution in [0.25, 0.3) is 0 Å². The summed E-state index contributed by atoms with van der Waals surface area (Å²) in [5, 5.41) is 11.6. The Balaban J connectivity index is 1.68. The van der Waals surface area contributed by atoms with Gasteiger partial charge in [0.2, 0.25) is 0 Å². The number of piperidine rings is 2. The highest BCUT2D eigenvalue weighted by molar-refractivity contribution is 5.93. The van der Waals surface area contributed by atoms with E-state index in [-0.39, 0.29) is 35.8 Å². The lowest BCUT2D eigenvalue weighted by molar-refractivity contribution is -0.384. The zero-order valence-corrected chi connectivity index (χ0v) is 17.1. The van der Waals surface area contributed by atoms with Gasteiger partial charge in [-0.1, -0.05) is 0 Å². The van der Waals surface area contributed by atoms with E-state index in [1.807, 2.05) is 18.7 Å². The number of esters is 1. The summed E-state index contributed by atoms with van der Waals surface area (Å²) in [5.74, 6) is -0.943. The number of anilines is 1. The summed E-state index contributed by atoms with van der Waals surface area (Å²) in [5.41, 5.74) is 0.509. The summed E-state index contributed by atoms with van der Waals surface area (Å²) in [7, 11) is 0. The predicted octanol–water partition coefficient (Wildman–Crippen LogP) is 3.53. The molecule has 1 aromatic carbocycles. The zero-order valence-electron chi connectivity index (χ0n) is 17.1. The van der Waals surface area contributed by atoms with Gasteiger partial charge < -0.3 is 14.5 Å². The van der Waals surface area contributed by atoms with Crippen LogP contribution in [0.2, 0.25) is 0 Å². The molecule has 2 fully saturated rings. The van der Waals surface area contributed by atoms with Crippen LogP contribution in [0.3, 0.4) is 0 Å². The molecule has 0 aliphatic carbocycles. The molecule has 158 valence electrons. The van der Waals surface area contributed by atoms with Crippen LogP contribution in [0.4, 0.5) is 11.4 Å². The number of ether oxygens (including phenoxy) is 1. The van der Waals surface area contributed by atoms with E-state index in [0.29, 0.717) is 5.69 Å². The maximum absolute atomic E-state index is 12.5. The van der Waals surface area contributed by atoms with Crippen molar-refractivity contribution in [1.82, 2.24) is 4.90 Å². The fourth-order valence-corrected chi connectivity index (χ4v) is 4.40. The average molecular weight is 403 g/mol. The number of rotatable bonds is 5. The van der Waals surface area contributed by atoms with E-state index in [0.717, 1.165) is 51.6 Å². The monoisotopic (exact) mass is 403 g/mol. The second kappa shape index (κ2) is 9.24. The van der Waals surface area contributed by atoms with Gasteiger partial charge in [0.05, 0.1) is 10.5 Å². The van der Waals surface area contributed by atoms with Gasteiger partial charge in [-0.05, 0) is 64.5 Å². The first-order valence-corrected chi connectivity index (χ1v) is 10.4. The van der Waals surface area contributed by atoms with E-state index < -0.39 is 10.9 Å². The van der Waals surface area contributed by atoms with Crippen molar-refractivity contribution >= 4 is 23.3 Å². The van der Waals surface area contributed by atoms with Crippen molar-refractivity contribution in [2.75, 3.05) is 24.6 Å². The second-order valence-corrected chi connectivity index (χ2v) is 8.01. The number of nitrogens with zero attached hydrogens (tertiary/aromatic N) is 3. The highest BCUT2D eigenvalue weighted by Crippen LogP contribution is 2.31. The maximum atomic E-state index is 12.5. The number of nitro benzene ring substituents is 1. The number of carbonyl (C=O) groups is 2. The van der Waals surface area contributed by atoms with Gasteiger partial charge >= 0.3 is 5.97 Å². The third-order valence-electron chi connectivity index (χ3n) is 5.91. The van der Waals surface area contributed by atoms with E-state index in [1.54, 1.807) is 11.0 Å². The fourth-order valence-electron chi connectivity index (χ4n) is 4.40. The van der Waals surface area contributed by atoms with Crippen LogP contribution in [-0.4, -0.2) is 53.5 Å². The van der Waals surface area contributed by atoms with Gasteiger partial charge in [-0.15, -0.1) is 0 Å². The van der Waals surface area contributed by atoms with Crippen LogP contribution >= 0.6 is 0 Å². The van der Waals surface area contributed by atoms with Crippen LogP contribution in [0.1, 0.15) is 62.7 Å². The molecule has 0 unspecified atom stereocenters. The molecule has 1 aromatic rings. The van der Waals surface area contributed by atoms with E-state index in [4.69, 9.17) is 4.74 Å². The number of hydrogen-bond donors (Lipinski definition) is 0. The fraction of sp³-hybridized carbons (Fsp3) is 0.619. The zero-order chi connectivity index (χ0) is 21.0. The molecule has 2 heterocycles. The number of hydrogen-bond acceptors (Lipinski definition) is 6. The van der Waals surface area contributed by atoms with Crippen molar-refractivity contribution in [2.24, 2.45) is 0 Å². The standard InChI is InChI=1S/C21H29N3O5/c1-15-7-6-8-16(2)23(15)20(25)14-29-21(26)17-9-10-18(19(13-17)24(27)28)22-11-4-3-5-12-22/h9-10,13,15-16H,3-8,11-12,14H2,1-2H3/t15-,16+. The number of likely N-dealkylation sites (tertiary alicyclic amines) is 1. The molecule has 0 spiro atoms. The van der Waals surface area contributed by atoms with Crippen molar-refractivity contribution in [1.29, 1.82) is 0 Å². The van der Waals surface area contributed by atoms with E-state index in [2.05, 4.69) is 0 Å². The van der Waals surface area contributed by atoms with Crippen molar-refractivity contribution in [2.45, 2.75) is 64.5 Å². The molecule has 0 N–H and O–H groups in total. The van der Waals surface area contributed by atoms with Crippen molar-refractivity contribution in [3.8, 4) is 0 Å². The van der Waals surface area contributed by atoms with Gasteiger partial charge in [0, 0.05) is 31.2 Å². The molecule has 2 atom stereocenters. The lowest BCUT2D eigenvalue weighted by atomic mass is 9.97. The molecule has 2 aliphatic rings. The molecule has 2 aliphatic heterocycles. The van der Waals surface area contributed by atoms with Crippen LogP contribution in [0.5, 0.6) is 0 Å². The van der Waals surface area contributed by atoms with E-state index >= 15 is 0 Å². The molecule has 8 nitrogen and oxygen atoms in total. The minimum absolute atomic E-state index is 0.0880. The molecule has 2 saturated heterocycles. The number of nitro groups is 1. The minimum Gasteiger partial charge on any atom is -0.452 e. The quantitative estimate of drug-likeness (QED) is 0.424. The van der Waals surface area contributed by atoms with Gasteiger partial charge in [-0.3, -0.25) is 14.9 Å². The number of carbonyl (C=O) groups excluding carboxylic acids is 2. The molecule has 0 aromatic heterocycles. The molecule has 0 bridgehead atoms. The topological polar surface area (TPSA) is 93.0 Å². The maximum Gasteiger partial charge on any atom is 0.338 e. The van der Waals surface area contributed by atoms with Crippen LogP contribution in [0.15, 0.2) is 18.2 Å². The summed E-state index contributed by atoms with van der Waals surface area (Å²) < 4.78 is 5.19. The molecular formula is C21H29N3O5. The van der Waals surface area contributed by atoms with E-state index in [9.17, 15) is 19.7 Å². The first kappa shape index (κ1) is 21.1. The molecule has 1 amide bonds. The Morgan fingerprint density at radius 2 is 1.76 bits per heavy atom. The van der Waals surface area contributed by atoms with Gasteiger partial charge in [0.1, 0.15) is 5.69 Å². The predicted molar refractivity (Wildman–Crippen MR) is 109 cm³/mol. The smallest absolute Gasteiger partial charge is 0.338 e. The SMILES string of the molecule is C[C@@H]1CCC[C@H](C)N1C(=O)COC(=O)c1ccc(N2CCCCC2)c([N+](=O)[O-])c1. The van der Waals surface area contributed by atoms with Crippen molar-refractivity contribution in [3.05, 3.63) is 33.9 Å². The van der Waals surface area contributed by atoms with Crippen molar-refractivity contribution < 1.29 is 19.2 Å². The molecule has 8 heteroatoms. The van der Waals surface area contributed by atoms with Gasteiger partial charge in [-0.2, -0.15) is 0 Å². The lowest BCUT2D eigenvalue weighted by Gasteiger charge is -2.38. The van der Waals surface area contributed by atoms with Gasteiger partial charge in [-0.25, -0.2) is 4.79 Å². The Morgan fingerprint density at radius 3 is 2.38 bits per heavy atom. The van der Waals surface area contributed by atoms with Gasteiger partial charge in [0.15, 0.2) is 6.61 Å². The summed E-state index contributed by atoms with van der Waals surface area (Å²) in [4.78, 5) is 39.8. The molecule has 0 saturated carbocycles. The normalized spacial score (nSPS) is 22.3. The van der Waals surface area contributed by atoms with E-state index in [1.165, 1.54) is 12.1 Å². The Labute approximate surface area is 171 Å². The molecule has 29 heavy (non-hydrogen) atoms. The highest BCUT2D eigenvalue weighted by Gasteiger charge is 2.30. The second-order valence-electron chi connectivity index (χ2n) is 8.01. The van der Waals surface area contributed by atoms with Crippen LogP contribution in [0, 0.1) is 10.1 Å². The largest absolute Gasteiger partial charge is 0.452 e. The third-order valence-corrected chi connectivity index (χ3v) is 5.91. The Morgan fingerprint density at radius 1 is 1.10 bits per heavy atom. The summed E-state index contributed by atoms with van der Waals surface area (Å²) in [6.45, 7) is 5.18. The lowest BCUT2D eigenvalue weighted by Crippen LogP contribution is -2.49. The number of benzene rings is 1. The molecule has 3 rings (SSSR count). The van der Waals surface area contributed by atoms with Gasteiger partial charge in [0.25, 0.3) is 11.6 Å². The minimum atomic E-state index is -0.719. The molecular weight excluding hydrogens is 374 g/mol. The average Bonchev–Trinajstić information content (AvgIpc) is 2.72. The number of amides is 1. The first-order chi connectivity index (χ1) is 13.9. The Bertz CT molecular complexity index is 766. The Kier molecular flexibility index (Phi) is 6.71. The highest BCUT2D eigenvalue weighted by atomic mass is 16.6. The molecule has 0 radical (unpaired) electrons. The van der Waals surface area contributed by atoms with Crippen LogP contribution < -0.4 is 4.90 Å². The van der Waals surface area contributed by atoms with Crippen LogP contribution in [-0.2, 0) is 9.53 Å². The first-order valence-electron chi connectivity index (χ1n) is 10.4.